The topological polar surface area (TPSA) is 100 Å². The van der Waals surface area contributed by atoms with Crippen LogP contribution in [0.1, 0.15) is 21.0 Å². The smallest absolute Gasteiger partial charge is 0.357 e. The third-order valence-corrected chi connectivity index (χ3v) is 3.02. The highest BCUT2D eigenvalue weighted by Crippen LogP contribution is 2.26. The van der Waals surface area contributed by atoms with Gasteiger partial charge in [0.25, 0.3) is 0 Å². The van der Waals surface area contributed by atoms with E-state index in [-0.39, 0.29) is 5.69 Å². The molecule has 0 radical (unpaired) electrons. The van der Waals surface area contributed by atoms with Crippen LogP contribution >= 0.6 is 15.9 Å². The number of carboxylic acids is 2. The van der Waals surface area contributed by atoms with Crippen molar-refractivity contribution in [3.63, 3.8) is 0 Å². The van der Waals surface area contributed by atoms with Gasteiger partial charge in [-0.2, -0.15) is 0 Å². The summed E-state index contributed by atoms with van der Waals surface area (Å²) in [5.74, 6) is -2.86. The van der Waals surface area contributed by atoms with E-state index >= 15 is 0 Å². The average Bonchev–Trinajstić information content (AvgIpc) is 2.38. The molecule has 0 unspecified atom stereocenters. The fourth-order valence-corrected chi connectivity index (χ4v) is 1.98. The van der Waals surface area contributed by atoms with Crippen molar-refractivity contribution >= 4 is 27.9 Å². The summed E-state index contributed by atoms with van der Waals surface area (Å²) >= 11 is 3.31. The summed E-state index contributed by atoms with van der Waals surface area (Å²) in [7, 11) is 0. The molecule has 0 aliphatic rings. The van der Waals surface area contributed by atoms with Crippen LogP contribution in [0.5, 0.6) is 0 Å². The van der Waals surface area contributed by atoms with Gasteiger partial charge in [0.15, 0.2) is 11.4 Å². The molecule has 1 aromatic heterocycles. The molecule has 19 heavy (non-hydrogen) atoms. The number of carboxylic acid groups (broad SMARTS) is 2. The molecule has 2 rings (SSSR count). The van der Waals surface area contributed by atoms with E-state index in [1.807, 2.05) is 0 Å². The molecule has 0 atom stereocenters. The first-order valence-electron chi connectivity index (χ1n) is 5.09. The van der Waals surface area contributed by atoms with Gasteiger partial charge in [-0.25, -0.2) is 19.6 Å². The van der Waals surface area contributed by atoms with Crippen molar-refractivity contribution in [2.75, 3.05) is 0 Å². The molecule has 0 amide bonds. The Morgan fingerprint density at radius 1 is 1.05 bits per heavy atom. The lowest BCUT2D eigenvalue weighted by molar-refractivity contribution is 0.0641. The van der Waals surface area contributed by atoms with E-state index < -0.39 is 23.3 Å². The minimum atomic E-state index is -1.43. The second-order valence-corrected chi connectivity index (χ2v) is 4.40. The number of hydrogen-bond acceptors (Lipinski definition) is 4. The van der Waals surface area contributed by atoms with Crippen molar-refractivity contribution in [2.45, 2.75) is 0 Å². The number of benzene rings is 1. The van der Waals surface area contributed by atoms with E-state index in [1.165, 1.54) is 6.20 Å². The fourth-order valence-electron chi connectivity index (χ4n) is 1.49. The molecule has 1 heterocycles. The second kappa shape index (κ2) is 5.15. The van der Waals surface area contributed by atoms with Crippen LogP contribution in [0.4, 0.5) is 0 Å². The van der Waals surface area contributed by atoms with Gasteiger partial charge in [-0.15, -0.1) is 0 Å². The predicted octanol–water partition coefficient (Wildman–Crippen LogP) is 2.30. The highest BCUT2D eigenvalue weighted by Gasteiger charge is 2.20. The summed E-state index contributed by atoms with van der Waals surface area (Å²) in [4.78, 5) is 29.4. The molecule has 2 N–H and O–H groups in total. The maximum Gasteiger partial charge on any atom is 0.357 e. The van der Waals surface area contributed by atoms with Gasteiger partial charge in [-0.1, -0.05) is 34.1 Å². The van der Waals surface area contributed by atoms with Crippen LogP contribution in [0.2, 0.25) is 0 Å². The summed E-state index contributed by atoms with van der Waals surface area (Å²) in [6, 6.07) is 7.04. The summed E-state index contributed by atoms with van der Waals surface area (Å²) < 4.78 is 0.712. The molecule has 0 fully saturated rings. The zero-order valence-electron chi connectivity index (χ0n) is 9.37. The number of halogens is 1. The third kappa shape index (κ3) is 2.60. The van der Waals surface area contributed by atoms with Crippen molar-refractivity contribution in [1.29, 1.82) is 0 Å². The lowest BCUT2D eigenvalue weighted by atomic mass is 10.1. The highest BCUT2D eigenvalue weighted by molar-refractivity contribution is 9.10. The van der Waals surface area contributed by atoms with E-state index in [4.69, 9.17) is 10.2 Å². The molecule has 0 bridgehead atoms. The molecule has 6 nitrogen and oxygen atoms in total. The minimum absolute atomic E-state index is 0.287. The molecule has 0 saturated heterocycles. The largest absolute Gasteiger partial charge is 0.476 e. The zero-order chi connectivity index (χ0) is 14.0. The van der Waals surface area contributed by atoms with Gasteiger partial charge in [-0.05, 0) is 6.07 Å². The van der Waals surface area contributed by atoms with E-state index in [0.29, 0.717) is 10.0 Å². The lowest BCUT2D eigenvalue weighted by Gasteiger charge is -2.06. The highest BCUT2D eigenvalue weighted by atomic mass is 79.9. The zero-order valence-corrected chi connectivity index (χ0v) is 11.0. The Morgan fingerprint density at radius 2 is 1.68 bits per heavy atom. The van der Waals surface area contributed by atoms with Gasteiger partial charge >= 0.3 is 11.9 Å². The van der Waals surface area contributed by atoms with Crippen molar-refractivity contribution < 1.29 is 19.8 Å². The normalized spacial score (nSPS) is 10.2. The van der Waals surface area contributed by atoms with Crippen LogP contribution in [0, 0.1) is 0 Å². The standard InChI is InChI=1S/C12H7BrN2O4/c13-7-4-2-1-3-6(7)8-5-14-9(11(16)17)10(15-8)12(18)19/h1-5H,(H,16,17)(H,18,19). The molecule has 1 aromatic carbocycles. The molecule has 2 aromatic rings. The Labute approximate surface area is 115 Å². The number of carbonyl (C=O) groups is 2. The van der Waals surface area contributed by atoms with Crippen molar-refractivity contribution in [3.05, 3.63) is 46.3 Å². The van der Waals surface area contributed by atoms with Gasteiger partial charge < -0.3 is 10.2 Å². The number of rotatable bonds is 3. The Bertz CT molecular complexity index is 673. The molecule has 0 aliphatic heterocycles. The van der Waals surface area contributed by atoms with Gasteiger partial charge in [0.1, 0.15) is 0 Å². The van der Waals surface area contributed by atoms with Crippen LogP contribution in [0.3, 0.4) is 0 Å². The first kappa shape index (κ1) is 13.2. The van der Waals surface area contributed by atoms with Crippen molar-refractivity contribution in [1.82, 2.24) is 9.97 Å². The Balaban J connectivity index is 2.62. The average molecular weight is 323 g/mol. The van der Waals surface area contributed by atoms with Crippen LogP contribution in [0.25, 0.3) is 11.3 Å². The van der Waals surface area contributed by atoms with Crippen LogP contribution in [-0.2, 0) is 0 Å². The maximum absolute atomic E-state index is 11.0. The summed E-state index contributed by atoms with van der Waals surface area (Å²) in [6.45, 7) is 0. The van der Waals surface area contributed by atoms with Crippen LogP contribution in [0.15, 0.2) is 34.9 Å². The van der Waals surface area contributed by atoms with E-state index in [1.54, 1.807) is 24.3 Å². The number of nitrogens with zero attached hydrogens (tertiary/aromatic N) is 2. The van der Waals surface area contributed by atoms with Gasteiger partial charge in [-0.3, -0.25) is 0 Å². The minimum Gasteiger partial charge on any atom is -0.476 e. The van der Waals surface area contributed by atoms with E-state index in [9.17, 15) is 9.59 Å². The second-order valence-electron chi connectivity index (χ2n) is 3.54. The SMILES string of the molecule is O=C(O)c1ncc(-c2ccccc2Br)nc1C(=O)O. The quantitative estimate of drug-likeness (QED) is 0.899. The third-order valence-electron chi connectivity index (χ3n) is 2.33. The van der Waals surface area contributed by atoms with Crippen molar-refractivity contribution in [3.8, 4) is 11.3 Å². The first-order chi connectivity index (χ1) is 9.00. The molecular weight excluding hydrogens is 316 g/mol. The molecule has 96 valence electrons. The number of hydrogen-bond donors (Lipinski definition) is 2. The molecule has 0 spiro atoms. The van der Waals surface area contributed by atoms with Gasteiger partial charge in [0.05, 0.1) is 11.9 Å². The fraction of sp³-hybridized carbons (Fsp3) is 0. The Morgan fingerprint density at radius 3 is 2.26 bits per heavy atom. The van der Waals surface area contributed by atoms with Crippen LogP contribution < -0.4 is 0 Å². The van der Waals surface area contributed by atoms with Gasteiger partial charge in [0.2, 0.25) is 0 Å². The molecule has 0 saturated carbocycles. The summed E-state index contributed by atoms with van der Waals surface area (Å²) in [6.07, 6.45) is 1.23. The number of aromatic carboxylic acids is 2. The molecular formula is C12H7BrN2O4. The molecule has 0 aliphatic carbocycles. The van der Waals surface area contributed by atoms with Crippen LogP contribution in [-0.4, -0.2) is 32.1 Å². The van der Waals surface area contributed by atoms with E-state index in [0.717, 1.165) is 0 Å². The molecule has 7 heteroatoms. The number of aromatic nitrogens is 2. The monoisotopic (exact) mass is 322 g/mol. The maximum atomic E-state index is 11.0. The lowest BCUT2D eigenvalue weighted by Crippen LogP contribution is -2.13. The predicted molar refractivity (Wildman–Crippen MR) is 69.1 cm³/mol. The first-order valence-corrected chi connectivity index (χ1v) is 5.88. The Hall–Kier alpha value is -2.28. The van der Waals surface area contributed by atoms with E-state index in [2.05, 4.69) is 25.9 Å². The van der Waals surface area contributed by atoms with Gasteiger partial charge in [0, 0.05) is 10.0 Å². The van der Waals surface area contributed by atoms with Crippen molar-refractivity contribution in [2.24, 2.45) is 0 Å². The summed E-state index contributed by atoms with van der Waals surface area (Å²) in [5.41, 5.74) is -0.242. The summed E-state index contributed by atoms with van der Waals surface area (Å²) in [5, 5.41) is 17.8. The Kier molecular flexibility index (Phi) is 3.57.